The predicted octanol–water partition coefficient (Wildman–Crippen LogP) is 5.65. The number of pyridine rings is 1. The molecular formula is C29H33F4N5O5. The zero-order valence-electron chi connectivity index (χ0n) is 24.2. The van der Waals surface area contributed by atoms with Crippen LogP contribution in [0.5, 0.6) is 11.6 Å². The molecule has 2 aromatic heterocycles. The standard InChI is InChI=1S/C29H33F4N5O5/c1-17-5-7-20(8-6-17)27(39)38(18(2)16-41-3)22-9-10-23(25(30)24(22)28(40)42-4)43-26-21(29(31,32)33)13-19(14-34-26)15-37-35-11-12-36-37/h9-14,17-18,20H,5-8,15-16H2,1-4H3/t17?,18-,20?/m0/s1. The van der Waals surface area contributed by atoms with E-state index in [1.807, 2.05) is 0 Å². The number of rotatable bonds is 10. The Morgan fingerprint density at radius 3 is 2.40 bits per heavy atom. The van der Waals surface area contributed by atoms with Crippen LogP contribution in [-0.2, 0) is 27.0 Å². The maximum Gasteiger partial charge on any atom is 0.421 e. The van der Waals surface area contributed by atoms with Crippen LogP contribution in [0.4, 0.5) is 23.2 Å². The molecule has 0 unspecified atom stereocenters. The van der Waals surface area contributed by atoms with Crippen LogP contribution < -0.4 is 9.64 Å². The maximum atomic E-state index is 16.1. The molecule has 1 aromatic carbocycles. The summed E-state index contributed by atoms with van der Waals surface area (Å²) in [4.78, 5) is 33.0. The fourth-order valence-electron chi connectivity index (χ4n) is 5.17. The Balaban J connectivity index is 1.75. The number of anilines is 1. The van der Waals surface area contributed by atoms with Crippen molar-refractivity contribution in [2.75, 3.05) is 25.7 Å². The number of esters is 1. The van der Waals surface area contributed by atoms with E-state index in [0.29, 0.717) is 18.8 Å². The molecule has 4 rings (SSSR count). The van der Waals surface area contributed by atoms with Gasteiger partial charge >= 0.3 is 12.1 Å². The third-order valence-electron chi connectivity index (χ3n) is 7.40. The number of hydrogen-bond acceptors (Lipinski definition) is 8. The molecule has 1 saturated carbocycles. The van der Waals surface area contributed by atoms with Gasteiger partial charge in [-0.25, -0.2) is 14.2 Å². The fourth-order valence-corrected chi connectivity index (χ4v) is 5.17. The van der Waals surface area contributed by atoms with Gasteiger partial charge in [-0.1, -0.05) is 6.92 Å². The van der Waals surface area contributed by atoms with Crippen LogP contribution >= 0.6 is 0 Å². The molecule has 232 valence electrons. The van der Waals surface area contributed by atoms with Crippen LogP contribution in [0.1, 0.15) is 61.0 Å². The maximum absolute atomic E-state index is 16.1. The second-order valence-electron chi connectivity index (χ2n) is 10.6. The molecule has 1 fully saturated rings. The van der Waals surface area contributed by atoms with E-state index in [1.54, 1.807) is 6.92 Å². The van der Waals surface area contributed by atoms with Crippen molar-refractivity contribution in [3.8, 4) is 11.6 Å². The minimum Gasteiger partial charge on any atom is -0.465 e. The van der Waals surface area contributed by atoms with Crippen LogP contribution in [0.3, 0.4) is 0 Å². The van der Waals surface area contributed by atoms with E-state index in [0.717, 1.165) is 38.3 Å². The van der Waals surface area contributed by atoms with E-state index in [1.165, 1.54) is 35.3 Å². The second-order valence-corrected chi connectivity index (χ2v) is 10.6. The summed E-state index contributed by atoms with van der Waals surface area (Å²) in [7, 11) is 2.48. The monoisotopic (exact) mass is 607 g/mol. The third-order valence-corrected chi connectivity index (χ3v) is 7.40. The first kappa shape index (κ1) is 31.9. The van der Waals surface area contributed by atoms with E-state index < -0.39 is 46.8 Å². The summed E-state index contributed by atoms with van der Waals surface area (Å²) in [5.41, 5.74) is -1.90. The number of carbonyl (C=O) groups is 2. The number of aromatic nitrogens is 4. The van der Waals surface area contributed by atoms with E-state index in [-0.39, 0.29) is 36.2 Å². The molecule has 2 heterocycles. The topological polar surface area (TPSA) is 109 Å². The van der Waals surface area contributed by atoms with Crippen LogP contribution in [0.2, 0.25) is 0 Å². The lowest BCUT2D eigenvalue weighted by atomic mass is 9.82. The highest BCUT2D eigenvalue weighted by molar-refractivity contribution is 6.04. The third kappa shape index (κ3) is 7.29. The van der Waals surface area contributed by atoms with E-state index in [4.69, 9.17) is 14.2 Å². The van der Waals surface area contributed by atoms with Crippen LogP contribution in [0.15, 0.2) is 36.8 Å². The number of hydrogen-bond donors (Lipinski definition) is 0. The first-order chi connectivity index (χ1) is 20.4. The second kappa shape index (κ2) is 13.5. The average molecular weight is 608 g/mol. The van der Waals surface area contributed by atoms with Crippen molar-refractivity contribution in [3.05, 3.63) is 59.3 Å². The van der Waals surface area contributed by atoms with Gasteiger partial charge in [0, 0.05) is 19.2 Å². The first-order valence-electron chi connectivity index (χ1n) is 13.7. The number of nitrogens with zero attached hydrogens (tertiary/aromatic N) is 5. The smallest absolute Gasteiger partial charge is 0.421 e. The summed E-state index contributed by atoms with van der Waals surface area (Å²) in [5.74, 6) is -4.26. The molecular weight excluding hydrogens is 574 g/mol. The zero-order valence-corrected chi connectivity index (χ0v) is 24.2. The summed E-state index contributed by atoms with van der Waals surface area (Å²) in [6, 6.07) is 2.51. The van der Waals surface area contributed by atoms with Crippen molar-refractivity contribution in [3.63, 3.8) is 0 Å². The average Bonchev–Trinajstić information content (AvgIpc) is 3.48. The van der Waals surface area contributed by atoms with E-state index in [9.17, 15) is 22.8 Å². The van der Waals surface area contributed by atoms with Gasteiger partial charge in [-0.3, -0.25) is 4.79 Å². The highest BCUT2D eigenvalue weighted by Gasteiger charge is 2.38. The van der Waals surface area contributed by atoms with E-state index in [2.05, 4.69) is 22.1 Å². The Labute approximate surface area is 245 Å². The first-order valence-corrected chi connectivity index (χ1v) is 13.7. The lowest BCUT2D eigenvalue weighted by Gasteiger charge is -2.35. The molecule has 1 aliphatic rings. The van der Waals surface area contributed by atoms with Gasteiger partial charge in [0.05, 0.1) is 44.4 Å². The molecule has 0 spiro atoms. The molecule has 0 radical (unpaired) electrons. The Bertz CT molecular complexity index is 1430. The number of halogens is 4. The molecule has 1 atom stereocenters. The SMILES string of the molecule is COC[C@H](C)N(C(=O)C1CCC(C)CC1)c1ccc(Oc2ncc(Cn3nccn3)cc2C(F)(F)F)c(F)c1C(=O)OC. The van der Waals surface area contributed by atoms with Crippen LogP contribution in [-0.4, -0.2) is 58.7 Å². The predicted molar refractivity (Wildman–Crippen MR) is 146 cm³/mol. The van der Waals surface area contributed by atoms with Crippen molar-refractivity contribution < 1.29 is 41.4 Å². The molecule has 0 aliphatic heterocycles. The summed E-state index contributed by atoms with van der Waals surface area (Å²) < 4.78 is 73.5. The fraction of sp³-hybridized carbons (Fsp3) is 0.483. The van der Waals surface area contributed by atoms with Gasteiger partial charge in [0.15, 0.2) is 11.6 Å². The summed E-state index contributed by atoms with van der Waals surface area (Å²) >= 11 is 0. The minimum absolute atomic E-state index is 0.0780. The Kier molecular flexibility index (Phi) is 9.99. The van der Waals surface area contributed by atoms with Gasteiger partial charge in [0.25, 0.3) is 0 Å². The molecule has 10 nitrogen and oxygen atoms in total. The molecule has 0 N–H and O–H groups in total. The molecule has 0 saturated heterocycles. The van der Waals surface area contributed by atoms with Crippen molar-refractivity contribution in [2.24, 2.45) is 11.8 Å². The molecule has 43 heavy (non-hydrogen) atoms. The molecule has 1 amide bonds. The van der Waals surface area contributed by atoms with Gasteiger partial charge in [0.2, 0.25) is 11.8 Å². The van der Waals surface area contributed by atoms with Crippen molar-refractivity contribution >= 4 is 17.6 Å². The van der Waals surface area contributed by atoms with Crippen molar-refractivity contribution in [1.82, 2.24) is 20.0 Å². The number of benzene rings is 1. The van der Waals surface area contributed by atoms with Gasteiger partial charge in [-0.15, -0.1) is 0 Å². The summed E-state index contributed by atoms with van der Waals surface area (Å²) in [5, 5.41) is 7.73. The van der Waals surface area contributed by atoms with Crippen molar-refractivity contribution in [1.29, 1.82) is 0 Å². The quantitative estimate of drug-likeness (QED) is 0.215. The minimum atomic E-state index is -4.91. The van der Waals surface area contributed by atoms with Crippen LogP contribution in [0, 0.1) is 17.7 Å². The van der Waals surface area contributed by atoms with Gasteiger partial charge in [-0.05, 0) is 62.3 Å². The summed E-state index contributed by atoms with van der Waals surface area (Å²) in [6.45, 7) is 3.78. The largest absolute Gasteiger partial charge is 0.465 e. The number of methoxy groups -OCH3 is 2. The summed E-state index contributed by atoms with van der Waals surface area (Å²) in [6.07, 6.45) is 1.92. The Morgan fingerprint density at radius 2 is 1.79 bits per heavy atom. The number of amides is 1. The van der Waals surface area contributed by atoms with Gasteiger partial charge < -0.3 is 19.1 Å². The highest BCUT2D eigenvalue weighted by Crippen LogP contribution is 2.40. The van der Waals surface area contributed by atoms with Gasteiger partial charge in [0.1, 0.15) is 11.1 Å². The zero-order chi connectivity index (χ0) is 31.3. The molecule has 0 bridgehead atoms. The molecule has 3 aromatic rings. The molecule has 1 aliphatic carbocycles. The number of alkyl halides is 3. The normalized spacial score (nSPS) is 17.8. The Morgan fingerprint density at radius 1 is 1.12 bits per heavy atom. The number of carbonyl (C=O) groups excluding carboxylic acids is 2. The van der Waals surface area contributed by atoms with Gasteiger partial charge in [-0.2, -0.15) is 28.2 Å². The Hall–Kier alpha value is -4.07. The highest BCUT2D eigenvalue weighted by atomic mass is 19.4. The lowest BCUT2D eigenvalue weighted by molar-refractivity contribution is -0.139. The van der Waals surface area contributed by atoms with E-state index >= 15 is 4.39 Å². The van der Waals surface area contributed by atoms with Crippen molar-refractivity contribution in [2.45, 2.75) is 58.3 Å². The molecule has 14 heteroatoms. The number of ether oxygens (including phenoxy) is 3. The lowest BCUT2D eigenvalue weighted by Crippen LogP contribution is -2.46. The van der Waals surface area contributed by atoms with Crippen LogP contribution in [0.25, 0.3) is 0 Å².